The van der Waals surface area contributed by atoms with Crippen molar-refractivity contribution in [1.29, 1.82) is 0 Å². The second-order valence-corrected chi connectivity index (χ2v) is 7.40. The summed E-state index contributed by atoms with van der Waals surface area (Å²) in [5, 5.41) is 3.39. The van der Waals surface area contributed by atoms with E-state index in [-0.39, 0.29) is 11.6 Å². The van der Waals surface area contributed by atoms with Crippen molar-refractivity contribution in [3.05, 3.63) is 0 Å². The lowest BCUT2D eigenvalue weighted by molar-refractivity contribution is -0.154. The molecule has 1 aliphatic heterocycles. The number of hydrogen-bond donors (Lipinski definition) is 1. The van der Waals surface area contributed by atoms with Crippen LogP contribution in [0.3, 0.4) is 0 Å². The maximum absolute atomic E-state index is 11.6. The number of rotatable bonds is 10. The molecule has 4 nitrogen and oxygen atoms in total. The summed E-state index contributed by atoms with van der Waals surface area (Å²) in [4.78, 5) is 14.1. The van der Waals surface area contributed by atoms with Gasteiger partial charge in [0.1, 0.15) is 5.60 Å². The van der Waals surface area contributed by atoms with Gasteiger partial charge in [0.25, 0.3) is 0 Å². The highest BCUT2D eigenvalue weighted by Gasteiger charge is 2.15. The molecule has 0 bridgehead atoms. The van der Waals surface area contributed by atoms with Crippen LogP contribution in [0.5, 0.6) is 0 Å². The first-order valence-electron chi connectivity index (χ1n) is 9.12. The maximum Gasteiger partial charge on any atom is 0.306 e. The number of nitrogens with one attached hydrogen (secondary N) is 1. The lowest BCUT2D eigenvalue weighted by Gasteiger charge is -2.27. The largest absolute Gasteiger partial charge is 0.460 e. The fourth-order valence-electron chi connectivity index (χ4n) is 2.82. The SMILES string of the molecule is CC(C)(C)OC(=O)CCCCCCCCCN1CCNCC1. The van der Waals surface area contributed by atoms with Gasteiger partial charge < -0.3 is 15.0 Å². The lowest BCUT2D eigenvalue weighted by atomic mass is 10.1. The van der Waals surface area contributed by atoms with Gasteiger partial charge >= 0.3 is 5.97 Å². The minimum absolute atomic E-state index is 0.0523. The van der Waals surface area contributed by atoms with Gasteiger partial charge in [-0.25, -0.2) is 0 Å². The molecule has 0 atom stereocenters. The van der Waals surface area contributed by atoms with Gasteiger partial charge in [-0.3, -0.25) is 4.79 Å². The highest BCUT2D eigenvalue weighted by molar-refractivity contribution is 5.69. The van der Waals surface area contributed by atoms with E-state index in [9.17, 15) is 4.79 Å². The number of carbonyl (C=O) groups excluding carboxylic acids is 1. The number of unbranched alkanes of at least 4 members (excludes halogenated alkanes) is 6. The third kappa shape index (κ3) is 11.0. The van der Waals surface area contributed by atoms with E-state index in [4.69, 9.17) is 4.74 Å². The van der Waals surface area contributed by atoms with E-state index in [2.05, 4.69) is 10.2 Å². The molecule has 1 N–H and O–H groups in total. The van der Waals surface area contributed by atoms with Gasteiger partial charge in [-0.2, -0.15) is 0 Å². The first-order chi connectivity index (χ1) is 10.5. The van der Waals surface area contributed by atoms with Crippen LogP contribution in [0.25, 0.3) is 0 Å². The summed E-state index contributed by atoms with van der Waals surface area (Å²) in [5.41, 5.74) is -0.346. The van der Waals surface area contributed by atoms with E-state index < -0.39 is 0 Å². The molecule has 0 aliphatic carbocycles. The Hall–Kier alpha value is -0.610. The number of nitrogens with zero attached hydrogens (tertiary/aromatic N) is 1. The molecule has 1 fully saturated rings. The Balaban J connectivity index is 1.82. The molecule has 1 saturated heterocycles. The first-order valence-corrected chi connectivity index (χ1v) is 9.12. The summed E-state index contributed by atoms with van der Waals surface area (Å²) in [6.07, 6.45) is 9.24. The summed E-state index contributed by atoms with van der Waals surface area (Å²) >= 11 is 0. The van der Waals surface area contributed by atoms with Crippen molar-refractivity contribution in [1.82, 2.24) is 10.2 Å². The van der Waals surface area contributed by atoms with E-state index >= 15 is 0 Å². The van der Waals surface area contributed by atoms with Gasteiger partial charge in [0.05, 0.1) is 0 Å². The Bertz CT molecular complexity index is 294. The van der Waals surface area contributed by atoms with Crippen molar-refractivity contribution in [3.8, 4) is 0 Å². The van der Waals surface area contributed by atoms with Gasteiger partial charge in [0, 0.05) is 32.6 Å². The first kappa shape index (κ1) is 19.4. The van der Waals surface area contributed by atoms with Crippen molar-refractivity contribution in [2.24, 2.45) is 0 Å². The number of piperazine rings is 1. The molecular weight excluding hydrogens is 276 g/mol. The van der Waals surface area contributed by atoms with Crippen molar-refractivity contribution < 1.29 is 9.53 Å². The Kier molecular flexibility index (Phi) is 9.73. The molecule has 0 aromatic carbocycles. The average Bonchev–Trinajstić information content (AvgIpc) is 2.44. The molecule has 0 amide bonds. The van der Waals surface area contributed by atoms with Gasteiger partial charge in [-0.05, 0) is 40.2 Å². The van der Waals surface area contributed by atoms with E-state index in [1.807, 2.05) is 20.8 Å². The maximum atomic E-state index is 11.6. The molecular formula is C18H36N2O2. The van der Waals surface area contributed by atoms with Crippen LogP contribution in [0.2, 0.25) is 0 Å². The van der Waals surface area contributed by atoms with Gasteiger partial charge in [-0.15, -0.1) is 0 Å². The predicted octanol–water partition coefficient (Wildman–Crippen LogP) is 3.35. The molecule has 1 aliphatic rings. The monoisotopic (exact) mass is 312 g/mol. The van der Waals surface area contributed by atoms with Crippen molar-refractivity contribution in [2.45, 2.75) is 77.7 Å². The van der Waals surface area contributed by atoms with Crippen LogP contribution in [-0.4, -0.2) is 49.2 Å². The summed E-state index contributed by atoms with van der Waals surface area (Å²) in [5.74, 6) is -0.0523. The van der Waals surface area contributed by atoms with Crippen molar-refractivity contribution in [2.75, 3.05) is 32.7 Å². The van der Waals surface area contributed by atoms with Crippen LogP contribution >= 0.6 is 0 Å². The van der Waals surface area contributed by atoms with E-state index in [0.717, 1.165) is 25.9 Å². The third-order valence-electron chi connectivity index (χ3n) is 3.98. The molecule has 1 heterocycles. The minimum atomic E-state index is -0.346. The topological polar surface area (TPSA) is 41.6 Å². The standard InChI is InChI=1S/C18H36N2O2/c1-18(2,3)22-17(21)11-9-7-5-4-6-8-10-14-20-15-12-19-13-16-20/h19H,4-16H2,1-3H3. The Morgan fingerprint density at radius 2 is 1.50 bits per heavy atom. The summed E-state index contributed by atoms with van der Waals surface area (Å²) < 4.78 is 5.31. The molecule has 0 aromatic heterocycles. The van der Waals surface area contributed by atoms with E-state index in [1.54, 1.807) is 0 Å². The Morgan fingerprint density at radius 3 is 2.09 bits per heavy atom. The quantitative estimate of drug-likeness (QED) is 0.496. The predicted molar refractivity (Wildman–Crippen MR) is 92.1 cm³/mol. The smallest absolute Gasteiger partial charge is 0.306 e. The second kappa shape index (κ2) is 11.0. The van der Waals surface area contributed by atoms with Crippen LogP contribution in [0, 0.1) is 0 Å². The average molecular weight is 312 g/mol. The van der Waals surface area contributed by atoms with Gasteiger partial charge in [-0.1, -0.05) is 32.1 Å². The molecule has 0 aromatic rings. The summed E-state index contributed by atoms with van der Waals surface area (Å²) in [6.45, 7) is 11.8. The summed E-state index contributed by atoms with van der Waals surface area (Å²) in [7, 11) is 0. The number of carbonyl (C=O) groups is 1. The molecule has 0 unspecified atom stereocenters. The zero-order valence-corrected chi connectivity index (χ0v) is 15.0. The minimum Gasteiger partial charge on any atom is -0.460 e. The lowest BCUT2D eigenvalue weighted by Crippen LogP contribution is -2.43. The molecule has 1 rings (SSSR count). The zero-order valence-electron chi connectivity index (χ0n) is 15.0. The summed E-state index contributed by atoms with van der Waals surface area (Å²) in [6, 6.07) is 0. The van der Waals surface area contributed by atoms with Gasteiger partial charge in [0.15, 0.2) is 0 Å². The highest BCUT2D eigenvalue weighted by Crippen LogP contribution is 2.12. The van der Waals surface area contributed by atoms with E-state index in [0.29, 0.717) is 6.42 Å². The highest BCUT2D eigenvalue weighted by atomic mass is 16.6. The van der Waals surface area contributed by atoms with Crippen LogP contribution in [-0.2, 0) is 9.53 Å². The number of hydrogen-bond acceptors (Lipinski definition) is 4. The normalized spacial score (nSPS) is 16.7. The Morgan fingerprint density at radius 1 is 0.955 bits per heavy atom. The number of esters is 1. The third-order valence-corrected chi connectivity index (χ3v) is 3.98. The van der Waals surface area contributed by atoms with E-state index in [1.165, 1.54) is 51.7 Å². The van der Waals surface area contributed by atoms with Crippen molar-refractivity contribution in [3.63, 3.8) is 0 Å². The molecule has 4 heteroatoms. The molecule has 0 saturated carbocycles. The Labute approximate surface area is 137 Å². The fourth-order valence-corrected chi connectivity index (χ4v) is 2.82. The van der Waals surface area contributed by atoms with Crippen LogP contribution < -0.4 is 5.32 Å². The van der Waals surface area contributed by atoms with Crippen LogP contribution in [0.1, 0.15) is 72.1 Å². The number of ether oxygens (including phenoxy) is 1. The zero-order chi connectivity index (χ0) is 16.3. The van der Waals surface area contributed by atoms with Crippen LogP contribution in [0.15, 0.2) is 0 Å². The molecule has 22 heavy (non-hydrogen) atoms. The fraction of sp³-hybridized carbons (Fsp3) is 0.944. The van der Waals surface area contributed by atoms with Crippen molar-refractivity contribution >= 4 is 5.97 Å². The molecule has 0 radical (unpaired) electrons. The molecule has 0 spiro atoms. The van der Waals surface area contributed by atoms with Crippen LogP contribution in [0.4, 0.5) is 0 Å². The van der Waals surface area contributed by atoms with Gasteiger partial charge in [0.2, 0.25) is 0 Å². The second-order valence-electron chi connectivity index (χ2n) is 7.40. The molecule has 130 valence electrons.